The summed E-state index contributed by atoms with van der Waals surface area (Å²) in [4.78, 5) is 22.1. The lowest BCUT2D eigenvalue weighted by Gasteiger charge is -2.21. The normalized spacial score (nSPS) is 15.9. The van der Waals surface area contributed by atoms with Crippen molar-refractivity contribution in [1.29, 1.82) is 0 Å². The number of aromatic nitrogens is 2. The average molecular weight is 480 g/mol. The fourth-order valence-corrected chi connectivity index (χ4v) is 3.52. The SMILES string of the molecule is O=C(Nc1ccc(OC(F)(F)F)cc1)c1cnc(N2CCC(O)C2)c(-c2cc(F)cnc2F)c1. The van der Waals surface area contributed by atoms with Crippen LogP contribution in [0.1, 0.15) is 16.8 Å². The van der Waals surface area contributed by atoms with Crippen molar-refractivity contribution in [2.45, 2.75) is 18.9 Å². The predicted molar refractivity (Wildman–Crippen MR) is 111 cm³/mol. The molecule has 4 rings (SSSR count). The number of hydrogen-bond donors (Lipinski definition) is 2. The van der Waals surface area contributed by atoms with Crippen molar-refractivity contribution >= 4 is 17.4 Å². The van der Waals surface area contributed by atoms with E-state index in [-0.39, 0.29) is 34.7 Å². The van der Waals surface area contributed by atoms with Crippen LogP contribution in [0.3, 0.4) is 0 Å². The number of carbonyl (C=O) groups excluding carboxylic acids is 1. The molecule has 1 fully saturated rings. The summed E-state index contributed by atoms with van der Waals surface area (Å²) in [6.45, 7) is 0.645. The first-order chi connectivity index (χ1) is 16.1. The average Bonchev–Trinajstić information content (AvgIpc) is 3.21. The van der Waals surface area contributed by atoms with Gasteiger partial charge in [0.2, 0.25) is 5.95 Å². The number of carbonyl (C=O) groups is 1. The molecule has 0 saturated carbocycles. The molecule has 0 radical (unpaired) electrons. The van der Waals surface area contributed by atoms with Crippen LogP contribution in [0.15, 0.2) is 48.8 Å². The quantitative estimate of drug-likeness (QED) is 0.422. The summed E-state index contributed by atoms with van der Waals surface area (Å²) in [6, 6.07) is 6.72. The summed E-state index contributed by atoms with van der Waals surface area (Å²) < 4.78 is 69.0. The molecule has 1 aromatic carbocycles. The van der Waals surface area contributed by atoms with Crippen molar-refractivity contribution in [1.82, 2.24) is 9.97 Å². The number of nitrogens with zero attached hydrogens (tertiary/aromatic N) is 3. The molecule has 1 unspecified atom stereocenters. The predicted octanol–water partition coefficient (Wildman–Crippen LogP) is 4.14. The van der Waals surface area contributed by atoms with E-state index in [4.69, 9.17) is 0 Å². The number of nitrogens with one attached hydrogen (secondary N) is 1. The van der Waals surface area contributed by atoms with E-state index in [0.717, 1.165) is 18.2 Å². The van der Waals surface area contributed by atoms with Crippen molar-refractivity contribution in [3.63, 3.8) is 0 Å². The van der Waals surface area contributed by atoms with Gasteiger partial charge in [0.15, 0.2) is 0 Å². The minimum atomic E-state index is -4.85. The molecule has 1 saturated heterocycles. The summed E-state index contributed by atoms with van der Waals surface area (Å²) in [5, 5.41) is 12.4. The van der Waals surface area contributed by atoms with Crippen LogP contribution in [0.4, 0.5) is 33.5 Å². The van der Waals surface area contributed by atoms with E-state index in [1.54, 1.807) is 4.90 Å². The van der Waals surface area contributed by atoms with Gasteiger partial charge in [0, 0.05) is 36.1 Å². The standard InChI is InChI=1S/C22H17F5N4O3/c23-13-8-17(19(24)28-10-13)18-7-12(9-29-20(18)31-6-5-15(32)11-31)21(33)30-14-1-3-16(4-2-14)34-22(25,26)27/h1-4,7-10,15,32H,5-6,11H2,(H,30,33). The van der Waals surface area contributed by atoms with Gasteiger partial charge in [0.25, 0.3) is 5.91 Å². The number of β-amino-alcohol motifs (C(OH)–C–C–N with tert-alkyl or cyclic N) is 1. The number of pyridine rings is 2. The summed E-state index contributed by atoms with van der Waals surface area (Å²) in [7, 11) is 0. The number of alkyl halides is 3. The molecule has 2 N–H and O–H groups in total. The fraction of sp³-hybridized carbons (Fsp3) is 0.227. The van der Waals surface area contributed by atoms with Crippen LogP contribution < -0.4 is 15.0 Å². The number of anilines is 2. The van der Waals surface area contributed by atoms with Crippen LogP contribution in [0.5, 0.6) is 5.75 Å². The fourth-order valence-electron chi connectivity index (χ4n) is 3.52. The van der Waals surface area contributed by atoms with Crippen LogP contribution in [0.2, 0.25) is 0 Å². The van der Waals surface area contributed by atoms with Crippen molar-refractivity contribution < 1.29 is 36.6 Å². The zero-order valence-electron chi connectivity index (χ0n) is 17.3. The Hall–Kier alpha value is -3.80. The number of halogens is 5. The van der Waals surface area contributed by atoms with Gasteiger partial charge in [-0.05, 0) is 42.8 Å². The van der Waals surface area contributed by atoms with E-state index in [9.17, 15) is 31.9 Å². The lowest BCUT2D eigenvalue weighted by Crippen LogP contribution is -2.23. The number of benzene rings is 1. The van der Waals surface area contributed by atoms with Gasteiger partial charge in [-0.2, -0.15) is 4.39 Å². The first kappa shape index (κ1) is 23.4. The number of aliphatic hydroxyl groups excluding tert-OH is 1. The zero-order chi connectivity index (χ0) is 24.5. The van der Waals surface area contributed by atoms with E-state index in [1.165, 1.54) is 24.4 Å². The Labute approximate surface area is 189 Å². The Morgan fingerprint density at radius 2 is 1.82 bits per heavy atom. The van der Waals surface area contributed by atoms with Crippen LogP contribution in [-0.4, -0.2) is 46.5 Å². The molecule has 7 nitrogen and oxygen atoms in total. The lowest BCUT2D eigenvalue weighted by molar-refractivity contribution is -0.274. The Morgan fingerprint density at radius 3 is 2.47 bits per heavy atom. The number of ether oxygens (including phenoxy) is 1. The maximum atomic E-state index is 14.5. The van der Waals surface area contributed by atoms with Crippen molar-refractivity contribution in [2.75, 3.05) is 23.3 Å². The molecule has 34 heavy (non-hydrogen) atoms. The van der Waals surface area contributed by atoms with Gasteiger partial charge in [0.1, 0.15) is 17.4 Å². The first-order valence-corrected chi connectivity index (χ1v) is 10.0. The summed E-state index contributed by atoms with van der Waals surface area (Å²) in [5.74, 6) is -2.66. The molecule has 2 aromatic heterocycles. The lowest BCUT2D eigenvalue weighted by atomic mass is 10.0. The molecule has 1 aliphatic heterocycles. The molecule has 0 bridgehead atoms. The maximum absolute atomic E-state index is 14.5. The third-order valence-electron chi connectivity index (χ3n) is 5.03. The summed E-state index contributed by atoms with van der Waals surface area (Å²) in [6.07, 6.45) is -3.06. The summed E-state index contributed by atoms with van der Waals surface area (Å²) >= 11 is 0. The van der Waals surface area contributed by atoms with Gasteiger partial charge in [-0.15, -0.1) is 13.2 Å². The highest BCUT2D eigenvalue weighted by Gasteiger charge is 2.31. The molecule has 1 amide bonds. The van der Waals surface area contributed by atoms with Gasteiger partial charge in [0.05, 0.1) is 17.9 Å². The molecular weight excluding hydrogens is 463 g/mol. The zero-order valence-corrected chi connectivity index (χ0v) is 17.3. The second-order valence-electron chi connectivity index (χ2n) is 7.50. The third-order valence-corrected chi connectivity index (χ3v) is 5.03. The monoisotopic (exact) mass is 480 g/mol. The Balaban J connectivity index is 1.63. The summed E-state index contributed by atoms with van der Waals surface area (Å²) in [5.41, 5.74) is 0.0385. The van der Waals surface area contributed by atoms with Gasteiger partial charge in [-0.3, -0.25) is 4.79 Å². The number of hydrogen-bond acceptors (Lipinski definition) is 6. The molecule has 3 aromatic rings. The number of amides is 1. The molecule has 0 aliphatic carbocycles. The van der Waals surface area contributed by atoms with Crippen molar-refractivity contribution in [2.24, 2.45) is 0 Å². The highest BCUT2D eigenvalue weighted by atomic mass is 19.4. The molecule has 1 aliphatic rings. The van der Waals surface area contributed by atoms with E-state index in [0.29, 0.717) is 19.2 Å². The van der Waals surface area contributed by atoms with Gasteiger partial charge >= 0.3 is 6.36 Å². The smallest absolute Gasteiger partial charge is 0.406 e. The van der Waals surface area contributed by atoms with Crippen molar-refractivity contribution in [3.05, 3.63) is 66.1 Å². The molecule has 12 heteroatoms. The van der Waals surface area contributed by atoms with Crippen LogP contribution in [0, 0.1) is 11.8 Å². The van der Waals surface area contributed by atoms with E-state index >= 15 is 0 Å². The van der Waals surface area contributed by atoms with Gasteiger partial charge < -0.3 is 20.1 Å². The maximum Gasteiger partial charge on any atom is 0.573 e. The number of aliphatic hydroxyl groups is 1. The molecule has 178 valence electrons. The Morgan fingerprint density at radius 1 is 1.09 bits per heavy atom. The topological polar surface area (TPSA) is 87.6 Å². The van der Waals surface area contributed by atoms with E-state index in [1.807, 2.05) is 0 Å². The van der Waals surface area contributed by atoms with E-state index in [2.05, 4.69) is 20.0 Å². The highest BCUT2D eigenvalue weighted by Crippen LogP contribution is 2.34. The third kappa shape index (κ3) is 5.39. The van der Waals surface area contributed by atoms with Gasteiger partial charge in [-0.25, -0.2) is 14.4 Å². The first-order valence-electron chi connectivity index (χ1n) is 10.0. The largest absolute Gasteiger partial charge is 0.573 e. The second kappa shape index (κ2) is 9.21. The Kier molecular flexibility index (Phi) is 6.33. The second-order valence-corrected chi connectivity index (χ2v) is 7.50. The molecular formula is C22H17F5N4O3. The van der Waals surface area contributed by atoms with Crippen molar-refractivity contribution in [3.8, 4) is 16.9 Å². The minimum Gasteiger partial charge on any atom is -0.406 e. The Bertz CT molecular complexity index is 1200. The van der Waals surface area contributed by atoms with Crippen LogP contribution in [-0.2, 0) is 0 Å². The van der Waals surface area contributed by atoms with Gasteiger partial charge in [-0.1, -0.05) is 0 Å². The molecule has 1 atom stereocenters. The minimum absolute atomic E-state index is 0.0159. The number of rotatable bonds is 5. The van der Waals surface area contributed by atoms with Crippen LogP contribution in [0.25, 0.3) is 11.1 Å². The highest BCUT2D eigenvalue weighted by molar-refractivity contribution is 6.05. The molecule has 0 spiro atoms. The molecule has 3 heterocycles. The van der Waals surface area contributed by atoms with E-state index < -0.39 is 35.9 Å². The van der Waals surface area contributed by atoms with Crippen LogP contribution >= 0.6 is 0 Å².